The third-order valence-corrected chi connectivity index (χ3v) is 4.63. The number of rotatable bonds is 8. The smallest absolute Gasteiger partial charge is 0.283 e. The summed E-state index contributed by atoms with van der Waals surface area (Å²) < 4.78 is 5.73. The standard InChI is InChI=1S/C19H26N2O5/c1-13(11-12-18(23)20-15-7-4-3-5-8-15)26-17-10-6-9-16(21(24)25)19(17)14(2)22/h6,9-10,13,15H,3-5,7-8,11-12H2,1-2H3,(H,20,23). The van der Waals surface area contributed by atoms with E-state index < -0.39 is 10.7 Å². The van der Waals surface area contributed by atoms with Gasteiger partial charge in [0.25, 0.3) is 5.69 Å². The number of nitrogens with one attached hydrogen (secondary N) is 1. The average Bonchev–Trinajstić information content (AvgIpc) is 2.60. The normalized spacial score (nSPS) is 15.9. The molecule has 1 aromatic carbocycles. The predicted molar refractivity (Wildman–Crippen MR) is 97.4 cm³/mol. The number of Topliss-reactive ketones (excluding diaryl/α,β-unsaturated/α-hetero) is 1. The van der Waals surface area contributed by atoms with Crippen molar-refractivity contribution in [3.05, 3.63) is 33.9 Å². The third-order valence-electron chi connectivity index (χ3n) is 4.63. The van der Waals surface area contributed by atoms with E-state index in [2.05, 4.69) is 5.32 Å². The van der Waals surface area contributed by atoms with E-state index >= 15 is 0 Å². The second kappa shape index (κ2) is 9.31. The molecule has 0 aliphatic heterocycles. The van der Waals surface area contributed by atoms with Crippen LogP contribution in [0.2, 0.25) is 0 Å². The number of amides is 1. The quantitative estimate of drug-likeness (QED) is 0.431. The van der Waals surface area contributed by atoms with E-state index in [1.807, 2.05) is 0 Å². The van der Waals surface area contributed by atoms with Crippen molar-refractivity contribution in [1.29, 1.82) is 0 Å². The minimum atomic E-state index is -0.591. The topological polar surface area (TPSA) is 98.5 Å². The van der Waals surface area contributed by atoms with E-state index in [1.165, 1.54) is 25.5 Å². The summed E-state index contributed by atoms with van der Waals surface area (Å²) in [5.41, 5.74) is -0.298. The minimum Gasteiger partial charge on any atom is -0.490 e. The van der Waals surface area contributed by atoms with Gasteiger partial charge >= 0.3 is 0 Å². The van der Waals surface area contributed by atoms with E-state index in [0.717, 1.165) is 25.7 Å². The van der Waals surface area contributed by atoms with Crippen LogP contribution in [0.4, 0.5) is 5.69 Å². The number of carbonyl (C=O) groups excluding carboxylic acids is 2. The maximum atomic E-state index is 12.1. The molecule has 1 aliphatic rings. The molecule has 1 saturated carbocycles. The molecule has 7 nitrogen and oxygen atoms in total. The van der Waals surface area contributed by atoms with Gasteiger partial charge in [0.2, 0.25) is 5.91 Å². The zero-order chi connectivity index (χ0) is 19.1. The molecule has 0 bridgehead atoms. The molecule has 1 N–H and O–H groups in total. The number of benzene rings is 1. The van der Waals surface area contributed by atoms with Gasteiger partial charge in [-0.05, 0) is 39.2 Å². The number of ketones is 1. The Labute approximate surface area is 153 Å². The first-order valence-corrected chi connectivity index (χ1v) is 9.13. The Morgan fingerprint density at radius 3 is 2.62 bits per heavy atom. The molecule has 0 spiro atoms. The molecule has 1 unspecified atom stereocenters. The van der Waals surface area contributed by atoms with E-state index in [-0.39, 0.29) is 35.1 Å². The van der Waals surface area contributed by atoms with Crippen LogP contribution in [-0.4, -0.2) is 28.8 Å². The molecule has 0 saturated heterocycles. The maximum Gasteiger partial charge on any atom is 0.283 e. The van der Waals surface area contributed by atoms with Crippen LogP contribution in [0, 0.1) is 10.1 Å². The van der Waals surface area contributed by atoms with Crippen LogP contribution in [0.25, 0.3) is 0 Å². The van der Waals surface area contributed by atoms with Crippen molar-refractivity contribution in [3.63, 3.8) is 0 Å². The lowest BCUT2D eigenvalue weighted by Gasteiger charge is -2.23. The highest BCUT2D eigenvalue weighted by molar-refractivity contribution is 6.00. The summed E-state index contributed by atoms with van der Waals surface area (Å²) in [6.45, 7) is 3.06. The fraction of sp³-hybridized carbons (Fsp3) is 0.579. The SMILES string of the molecule is CC(=O)c1c(OC(C)CCC(=O)NC2CCCCC2)cccc1[N+](=O)[O-]. The summed E-state index contributed by atoms with van der Waals surface area (Å²) in [5, 5.41) is 14.2. The molecule has 1 amide bonds. The van der Waals surface area contributed by atoms with Gasteiger partial charge in [-0.2, -0.15) is 0 Å². The minimum absolute atomic E-state index is 0.00168. The lowest BCUT2D eigenvalue weighted by molar-refractivity contribution is -0.385. The Bertz CT molecular complexity index is 668. The van der Waals surface area contributed by atoms with Crippen LogP contribution in [0.3, 0.4) is 0 Å². The summed E-state index contributed by atoms with van der Waals surface area (Å²) in [7, 11) is 0. The van der Waals surface area contributed by atoms with Gasteiger partial charge in [0, 0.05) is 18.5 Å². The summed E-state index contributed by atoms with van der Waals surface area (Å²) >= 11 is 0. The van der Waals surface area contributed by atoms with Gasteiger partial charge in [-0.15, -0.1) is 0 Å². The zero-order valence-corrected chi connectivity index (χ0v) is 15.3. The van der Waals surface area contributed by atoms with Crippen molar-refractivity contribution in [2.24, 2.45) is 0 Å². The first kappa shape index (κ1) is 19.9. The van der Waals surface area contributed by atoms with E-state index in [1.54, 1.807) is 13.0 Å². The van der Waals surface area contributed by atoms with Gasteiger partial charge < -0.3 is 10.1 Å². The highest BCUT2D eigenvalue weighted by atomic mass is 16.6. The molecule has 0 aromatic heterocycles. The number of hydrogen-bond donors (Lipinski definition) is 1. The molecule has 1 aromatic rings. The predicted octanol–water partition coefficient (Wildman–Crippen LogP) is 3.79. The van der Waals surface area contributed by atoms with Crippen molar-refractivity contribution in [2.45, 2.75) is 70.9 Å². The van der Waals surface area contributed by atoms with Gasteiger partial charge in [-0.3, -0.25) is 19.7 Å². The lowest BCUT2D eigenvalue weighted by Crippen LogP contribution is -2.36. The number of nitro groups is 1. The molecule has 0 heterocycles. The molecule has 7 heteroatoms. The molecule has 1 fully saturated rings. The molecule has 26 heavy (non-hydrogen) atoms. The van der Waals surface area contributed by atoms with Crippen molar-refractivity contribution in [3.8, 4) is 5.75 Å². The van der Waals surface area contributed by atoms with Crippen LogP contribution in [-0.2, 0) is 4.79 Å². The van der Waals surface area contributed by atoms with Crippen molar-refractivity contribution in [1.82, 2.24) is 5.32 Å². The highest BCUT2D eigenvalue weighted by Crippen LogP contribution is 2.30. The van der Waals surface area contributed by atoms with Crippen molar-refractivity contribution in [2.75, 3.05) is 0 Å². The number of ether oxygens (including phenoxy) is 1. The number of hydrogen-bond acceptors (Lipinski definition) is 5. The van der Waals surface area contributed by atoms with Gasteiger partial charge in [-0.1, -0.05) is 25.3 Å². The Morgan fingerprint density at radius 2 is 2.00 bits per heavy atom. The molecule has 2 rings (SSSR count). The Balaban J connectivity index is 1.92. The van der Waals surface area contributed by atoms with Crippen LogP contribution < -0.4 is 10.1 Å². The largest absolute Gasteiger partial charge is 0.490 e. The first-order chi connectivity index (χ1) is 12.4. The second-order valence-corrected chi connectivity index (χ2v) is 6.83. The van der Waals surface area contributed by atoms with Crippen molar-refractivity contribution < 1.29 is 19.2 Å². The van der Waals surface area contributed by atoms with Gasteiger partial charge in [-0.25, -0.2) is 0 Å². The number of nitrogens with zero attached hydrogens (tertiary/aromatic N) is 1. The van der Waals surface area contributed by atoms with Gasteiger partial charge in [0.15, 0.2) is 5.78 Å². The summed E-state index contributed by atoms with van der Waals surface area (Å²) in [4.78, 5) is 34.4. The fourth-order valence-corrected chi connectivity index (χ4v) is 3.28. The van der Waals surface area contributed by atoms with Crippen LogP contribution in [0.1, 0.15) is 69.2 Å². The van der Waals surface area contributed by atoms with Gasteiger partial charge in [0.1, 0.15) is 11.3 Å². The molecule has 1 atom stereocenters. The molecule has 142 valence electrons. The van der Waals surface area contributed by atoms with E-state index in [9.17, 15) is 19.7 Å². The molecule has 1 aliphatic carbocycles. The molecular weight excluding hydrogens is 336 g/mol. The number of nitro benzene ring substituents is 1. The number of carbonyl (C=O) groups is 2. The van der Waals surface area contributed by atoms with Crippen LogP contribution >= 0.6 is 0 Å². The monoisotopic (exact) mass is 362 g/mol. The second-order valence-electron chi connectivity index (χ2n) is 6.83. The first-order valence-electron chi connectivity index (χ1n) is 9.13. The summed E-state index contributed by atoms with van der Waals surface area (Å²) in [6.07, 6.45) is 6.07. The Kier molecular flexibility index (Phi) is 7.12. The van der Waals surface area contributed by atoms with Crippen molar-refractivity contribution >= 4 is 17.4 Å². The Morgan fingerprint density at radius 1 is 1.31 bits per heavy atom. The Hall–Kier alpha value is -2.44. The van der Waals surface area contributed by atoms with Crippen LogP contribution in [0.5, 0.6) is 5.75 Å². The lowest BCUT2D eigenvalue weighted by atomic mass is 9.95. The summed E-state index contributed by atoms with van der Waals surface area (Å²) in [5.74, 6) is -0.236. The van der Waals surface area contributed by atoms with E-state index in [0.29, 0.717) is 12.8 Å². The molecular formula is C19H26N2O5. The fourth-order valence-electron chi connectivity index (χ4n) is 3.28. The third kappa shape index (κ3) is 5.54. The zero-order valence-electron chi connectivity index (χ0n) is 15.3. The van der Waals surface area contributed by atoms with E-state index in [4.69, 9.17) is 4.74 Å². The average molecular weight is 362 g/mol. The highest BCUT2D eigenvalue weighted by Gasteiger charge is 2.23. The summed E-state index contributed by atoms with van der Waals surface area (Å²) in [6, 6.07) is 4.59. The maximum absolute atomic E-state index is 12.1. The van der Waals surface area contributed by atoms with Gasteiger partial charge in [0.05, 0.1) is 11.0 Å². The van der Waals surface area contributed by atoms with Crippen LogP contribution in [0.15, 0.2) is 18.2 Å². The molecule has 0 radical (unpaired) electrons.